The number of benzene rings is 2. The molecule has 3 aromatic rings. The molecule has 0 bridgehead atoms. The monoisotopic (exact) mass is 390 g/mol. The third kappa shape index (κ3) is 4.32. The third-order valence-corrected chi connectivity index (χ3v) is 5.56. The Labute approximate surface area is 170 Å². The van der Waals surface area contributed by atoms with Gasteiger partial charge in [0.25, 0.3) is 0 Å². The lowest BCUT2D eigenvalue weighted by Gasteiger charge is -2.30. The molecule has 6 nitrogen and oxygen atoms in total. The van der Waals surface area contributed by atoms with E-state index in [1.54, 1.807) is 7.11 Å². The van der Waals surface area contributed by atoms with Crippen LogP contribution in [-0.4, -0.2) is 40.8 Å². The molecule has 1 fully saturated rings. The predicted molar refractivity (Wildman–Crippen MR) is 113 cm³/mol. The van der Waals surface area contributed by atoms with Crippen molar-refractivity contribution in [3.8, 4) is 22.7 Å². The van der Waals surface area contributed by atoms with Crippen LogP contribution in [0.4, 0.5) is 0 Å². The van der Waals surface area contributed by atoms with Gasteiger partial charge in [0.2, 0.25) is 5.91 Å². The van der Waals surface area contributed by atoms with E-state index in [2.05, 4.69) is 11.1 Å². The highest BCUT2D eigenvalue weighted by Gasteiger charge is 2.24. The minimum Gasteiger partial charge on any atom is -0.497 e. The van der Waals surface area contributed by atoms with Gasteiger partial charge in [0, 0.05) is 29.8 Å². The maximum atomic E-state index is 11.5. The van der Waals surface area contributed by atoms with Crippen LogP contribution in [0, 0.1) is 5.92 Å². The highest BCUT2D eigenvalue weighted by atomic mass is 16.5. The second kappa shape index (κ2) is 8.49. The summed E-state index contributed by atoms with van der Waals surface area (Å²) >= 11 is 0. The second-order valence-corrected chi connectivity index (χ2v) is 7.46. The molecule has 2 aromatic carbocycles. The topological polar surface area (TPSA) is 73.4 Å². The third-order valence-electron chi connectivity index (χ3n) is 5.56. The van der Waals surface area contributed by atoms with Gasteiger partial charge in [-0.25, -0.2) is 4.68 Å². The Morgan fingerprint density at radius 3 is 2.41 bits per heavy atom. The van der Waals surface area contributed by atoms with Crippen LogP contribution < -0.4 is 10.5 Å². The molecule has 0 spiro atoms. The molecule has 1 saturated heterocycles. The highest BCUT2D eigenvalue weighted by Crippen LogP contribution is 2.28. The number of rotatable bonds is 6. The molecule has 1 amide bonds. The van der Waals surface area contributed by atoms with Crippen LogP contribution >= 0.6 is 0 Å². The van der Waals surface area contributed by atoms with Gasteiger partial charge in [0.15, 0.2) is 0 Å². The van der Waals surface area contributed by atoms with E-state index in [4.69, 9.17) is 15.6 Å². The van der Waals surface area contributed by atoms with Crippen molar-refractivity contribution >= 4 is 5.91 Å². The summed E-state index contributed by atoms with van der Waals surface area (Å²) in [6.07, 6.45) is 3.75. The Hall–Kier alpha value is -3.12. The van der Waals surface area contributed by atoms with Gasteiger partial charge in [-0.3, -0.25) is 9.69 Å². The van der Waals surface area contributed by atoms with E-state index in [1.165, 1.54) is 0 Å². The van der Waals surface area contributed by atoms with E-state index in [9.17, 15) is 4.79 Å². The zero-order valence-corrected chi connectivity index (χ0v) is 16.6. The summed E-state index contributed by atoms with van der Waals surface area (Å²) in [4.78, 5) is 13.8. The number of methoxy groups -OCH3 is 1. The summed E-state index contributed by atoms with van der Waals surface area (Å²) in [7, 11) is 1.67. The van der Waals surface area contributed by atoms with Crippen molar-refractivity contribution in [3.05, 3.63) is 66.4 Å². The first-order valence-electron chi connectivity index (χ1n) is 9.94. The largest absolute Gasteiger partial charge is 0.497 e. The summed E-state index contributed by atoms with van der Waals surface area (Å²) in [5, 5.41) is 4.89. The summed E-state index contributed by atoms with van der Waals surface area (Å²) in [6, 6.07) is 18.1. The van der Waals surface area contributed by atoms with E-state index in [0.717, 1.165) is 60.7 Å². The zero-order chi connectivity index (χ0) is 20.2. The molecule has 2 N–H and O–H groups in total. The molecule has 6 heteroatoms. The summed E-state index contributed by atoms with van der Waals surface area (Å²) < 4.78 is 7.22. The maximum Gasteiger partial charge on any atom is 0.220 e. The van der Waals surface area contributed by atoms with Gasteiger partial charge in [0.1, 0.15) is 5.75 Å². The molecule has 1 aliphatic heterocycles. The van der Waals surface area contributed by atoms with Crippen molar-refractivity contribution in [1.82, 2.24) is 14.7 Å². The second-order valence-electron chi connectivity index (χ2n) is 7.46. The highest BCUT2D eigenvalue weighted by molar-refractivity contribution is 5.76. The molecule has 0 saturated carbocycles. The minimum atomic E-state index is -0.180. The van der Waals surface area contributed by atoms with Crippen molar-refractivity contribution in [1.29, 1.82) is 0 Å². The molecular weight excluding hydrogens is 364 g/mol. The molecule has 4 rings (SSSR count). The van der Waals surface area contributed by atoms with Crippen molar-refractivity contribution in [3.63, 3.8) is 0 Å². The van der Waals surface area contributed by atoms with Gasteiger partial charge in [-0.2, -0.15) is 5.10 Å². The van der Waals surface area contributed by atoms with Crippen molar-refractivity contribution < 1.29 is 9.53 Å². The van der Waals surface area contributed by atoms with Crippen LogP contribution in [0.3, 0.4) is 0 Å². The van der Waals surface area contributed by atoms with Crippen LogP contribution in [0.5, 0.6) is 5.75 Å². The number of primary amides is 1. The van der Waals surface area contributed by atoms with Crippen LogP contribution in [-0.2, 0) is 11.3 Å². The fourth-order valence-corrected chi connectivity index (χ4v) is 3.85. The molecule has 0 unspecified atom stereocenters. The number of piperidine rings is 1. The Morgan fingerprint density at radius 1 is 1.10 bits per heavy atom. The van der Waals surface area contributed by atoms with E-state index in [0.29, 0.717) is 0 Å². The number of likely N-dealkylation sites (tertiary alicyclic amines) is 1. The maximum absolute atomic E-state index is 11.5. The van der Waals surface area contributed by atoms with Gasteiger partial charge in [-0.15, -0.1) is 0 Å². The molecule has 0 aliphatic carbocycles. The number of para-hydroxylation sites is 1. The number of carbonyl (C=O) groups is 1. The van der Waals surface area contributed by atoms with E-state index >= 15 is 0 Å². The first-order valence-corrected chi connectivity index (χ1v) is 9.94. The van der Waals surface area contributed by atoms with Crippen molar-refractivity contribution in [2.24, 2.45) is 11.7 Å². The fourth-order valence-electron chi connectivity index (χ4n) is 3.85. The average molecular weight is 390 g/mol. The number of nitrogens with two attached hydrogens (primary N) is 1. The smallest absolute Gasteiger partial charge is 0.220 e. The molecular formula is C23H26N4O2. The molecule has 0 atom stereocenters. The number of amides is 1. The zero-order valence-electron chi connectivity index (χ0n) is 16.6. The Morgan fingerprint density at radius 2 is 1.79 bits per heavy atom. The van der Waals surface area contributed by atoms with Crippen LogP contribution in [0.2, 0.25) is 0 Å². The molecule has 29 heavy (non-hydrogen) atoms. The SMILES string of the molecule is COc1ccc(-c2nn(-c3ccccc3)cc2CN2CCC(C(N)=O)CC2)cc1. The predicted octanol–water partition coefficient (Wildman–Crippen LogP) is 3.25. The summed E-state index contributed by atoms with van der Waals surface area (Å²) in [5.41, 5.74) is 9.69. The van der Waals surface area contributed by atoms with E-state index < -0.39 is 0 Å². The molecule has 1 aromatic heterocycles. The first-order chi connectivity index (χ1) is 14.1. The Bertz CT molecular complexity index is 958. The average Bonchev–Trinajstić information content (AvgIpc) is 3.18. The quantitative estimate of drug-likeness (QED) is 0.701. The Kier molecular flexibility index (Phi) is 5.62. The minimum absolute atomic E-state index is 0.000601. The molecule has 2 heterocycles. The summed E-state index contributed by atoms with van der Waals surface area (Å²) in [5.74, 6) is 0.645. The van der Waals surface area contributed by atoms with Crippen molar-refractivity contribution in [2.75, 3.05) is 20.2 Å². The molecule has 1 aliphatic rings. The van der Waals surface area contributed by atoms with Gasteiger partial charge in [-0.05, 0) is 62.3 Å². The normalized spacial score (nSPS) is 15.3. The molecule has 150 valence electrons. The summed E-state index contributed by atoms with van der Waals surface area (Å²) in [6.45, 7) is 2.53. The van der Waals surface area contributed by atoms with Gasteiger partial charge in [0.05, 0.1) is 18.5 Å². The lowest BCUT2D eigenvalue weighted by molar-refractivity contribution is -0.123. The van der Waals surface area contributed by atoms with E-state index in [-0.39, 0.29) is 11.8 Å². The Balaban J connectivity index is 1.62. The fraction of sp³-hybridized carbons (Fsp3) is 0.304. The van der Waals surface area contributed by atoms with E-state index in [1.807, 2.05) is 59.3 Å². The van der Waals surface area contributed by atoms with Crippen LogP contribution in [0.15, 0.2) is 60.8 Å². The number of carbonyl (C=O) groups excluding carboxylic acids is 1. The number of hydrogen-bond donors (Lipinski definition) is 1. The lowest BCUT2D eigenvalue weighted by atomic mass is 9.96. The lowest BCUT2D eigenvalue weighted by Crippen LogP contribution is -2.38. The number of ether oxygens (including phenoxy) is 1. The number of aromatic nitrogens is 2. The van der Waals surface area contributed by atoms with Crippen LogP contribution in [0.25, 0.3) is 16.9 Å². The first kappa shape index (κ1) is 19.2. The van der Waals surface area contributed by atoms with Crippen LogP contribution in [0.1, 0.15) is 18.4 Å². The number of nitrogens with zero attached hydrogens (tertiary/aromatic N) is 3. The standard InChI is InChI=1S/C23H26N4O2/c1-29-21-9-7-17(8-10-21)22-19(15-26-13-11-18(12-14-26)23(24)28)16-27(25-22)20-5-3-2-4-6-20/h2-10,16,18H,11-15H2,1H3,(H2,24,28). The van der Waals surface area contributed by atoms with Gasteiger partial charge in [-0.1, -0.05) is 18.2 Å². The number of hydrogen-bond acceptors (Lipinski definition) is 4. The van der Waals surface area contributed by atoms with Crippen molar-refractivity contribution in [2.45, 2.75) is 19.4 Å². The van der Waals surface area contributed by atoms with Gasteiger partial charge >= 0.3 is 0 Å². The molecule has 0 radical (unpaired) electrons. The van der Waals surface area contributed by atoms with Gasteiger partial charge < -0.3 is 10.5 Å².